The first-order valence-electron chi connectivity index (χ1n) is 6.35. The lowest BCUT2D eigenvalue weighted by atomic mass is 10.2. The number of carbonyl (C=O) groups is 1. The van der Waals surface area contributed by atoms with Gasteiger partial charge >= 0.3 is 5.97 Å². The Hall–Kier alpha value is -1.69. The molecule has 1 fully saturated rings. The Balaban J connectivity index is 2.12. The predicted molar refractivity (Wildman–Crippen MR) is 70.2 cm³/mol. The number of aromatic nitrogens is 2. The number of hydrogen-bond donors (Lipinski definition) is 0. The van der Waals surface area contributed by atoms with Gasteiger partial charge in [-0.3, -0.25) is 0 Å². The summed E-state index contributed by atoms with van der Waals surface area (Å²) < 4.78 is 10.6. The molecule has 2 heterocycles. The van der Waals surface area contributed by atoms with Crippen LogP contribution < -0.4 is 4.90 Å². The number of nitrogens with zero attached hydrogens (tertiary/aromatic N) is 3. The van der Waals surface area contributed by atoms with Gasteiger partial charge in [0.25, 0.3) is 0 Å². The van der Waals surface area contributed by atoms with Crippen molar-refractivity contribution >= 4 is 11.9 Å². The first kappa shape index (κ1) is 13.7. The van der Waals surface area contributed by atoms with Gasteiger partial charge in [0.05, 0.1) is 13.2 Å². The van der Waals surface area contributed by atoms with Gasteiger partial charge in [0.15, 0.2) is 5.69 Å². The van der Waals surface area contributed by atoms with E-state index in [-0.39, 0.29) is 5.69 Å². The Morgan fingerprint density at radius 3 is 2.68 bits per heavy atom. The minimum Gasteiger partial charge on any atom is -0.455 e. The molecular formula is C13H19N3O3. The fraction of sp³-hybridized carbons (Fsp3) is 0.615. The summed E-state index contributed by atoms with van der Waals surface area (Å²) in [5.41, 5.74) is -0.243. The average molecular weight is 265 g/mol. The minimum absolute atomic E-state index is 0.284. The first-order chi connectivity index (χ1) is 8.96. The van der Waals surface area contributed by atoms with E-state index in [0.717, 1.165) is 13.1 Å². The SMILES string of the molecule is CC(C)(C)OC(=O)c1ccnc(N2CCOCC2)n1. The number of esters is 1. The molecule has 0 aliphatic carbocycles. The third-order valence-corrected chi connectivity index (χ3v) is 2.54. The van der Waals surface area contributed by atoms with Crippen LogP contribution in [0.5, 0.6) is 0 Å². The second-order valence-corrected chi connectivity index (χ2v) is 5.34. The van der Waals surface area contributed by atoms with Gasteiger partial charge in [-0.25, -0.2) is 14.8 Å². The molecule has 0 aromatic carbocycles. The normalized spacial score (nSPS) is 16.3. The van der Waals surface area contributed by atoms with E-state index >= 15 is 0 Å². The zero-order chi connectivity index (χ0) is 13.9. The number of rotatable bonds is 2. The average Bonchev–Trinajstić information content (AvgIpc) is 2.38. The molecule has 0 radical (unpaired) electrons. The second-order valence-electron chi connectivity index (χ2n) is 5.34. The summed E-state index contributed by atoms with van der Waals surface area (Å²) in [6.07, 6.45) is 1.58. The topological polar surface area (TPSA) is 64.5 Å². The maximum absolute atomic E-state index is 11.9. The molecular weight excluding hydrogens is 246 g/mol. The van der Waals surface area contributed by atoms with Gasteiger partial charge < -0.3 is 14.4 Å². The van der Waals surface area contributed by atoms with Crippen molar-refractivity contribution in [3.8, 4) is 0 Å². The van der Waals surface area contributed by atoms with E-state index in [9.17, 15) is 4.79 Å². The highest BCUT2D eigenvalue weighted by Gasteiger charge is 2.21. The van der Waals surface area contributed by atoms with Crippen LogP contribution in [0.1, 0.15) is 31.3 Å². The van der Waals surface area contributed by atoms with Crippen molar-refractivity contribution in [3.05, 3.63) is 18.0 Å². The van der Waals surface area contributed by atoms with Gasteiger partial charge in [-0.05, 0) is 26.8 Å². The minimum atomic E-state index is -0.527. The van der Waals surface area contributed by atoms with Crippen molar-refractivity contribution in [2.75, 3.05) is 31.2 Å². The van der Waals surface area contributed by atoms with E-state index in [1.165, 1.54) is 0 Å². The molecule has 6 heteroatoms. The Morgan fingerprint density at radius 2 is 2.05 bits per heavy atom. The summed E-state index contributed by atoms with van der Waals surface area (Å²) >= 11 is 0. The zero-order valence-corrected chi connectivity index (χ0v) is 11.5. The van der Waals surface area contributed by atoms with Gasteiger partial charge in [-0.15, -0.1) is 0 Å². The molecule has 104 valence electrons. The van der Waals surface area contributed by atoms with Gasteiger partial charge in [0.1, 0.15) is 5.60 Å². The Kier molecular flexibility index (Phi) is 3.99. The van der Waals surface area contributed by atoms with Crippen LogP contribution in [0.4, 0.5) is 5.95 Å². The monoisotopic (exact) mass is 265 g/mol. The lowest BCUT2D eigenvalue weighted by Crippen LogP contribution is -2.37. The molecule has 0 unspecified atom stereocenters. The molecule has 6 nitrogen and oxygen atoms in total. The number of carbonyl (C=O) groups excluding carboxylic acids is 1. The summed E-state index contributed by atoms with van der Waals surface area (Å²) in [6, 6.07) is 1.57. The first-order valence-corrected chi connectivity index (χ1v) is 6.35. The standard InChI is InChI=1S/C13H19N3O3/c1-13(2,3)19-11(17)10-4-5-14-12(15-10)16-6-8-18-9-7-16/h4-5H,6-9H2,1-3H3. The fourth-order valence-electron chi connectivity index (χ4n) is 1.71. The van der Waals surface area contributed by atoms with Crippen LogP contribution in [0.3, 0.4) is 0 Å². The van der Waals surface area contributed by atoms with Crippen LogP contribution in [-0.4, -0.2) is 47.8 Å². The van der Waals surface area contributed by atoms with Crippen LogP contribution in [0.2, 0.25) is 0 Å². The van der Waals surface area contributed by atoms with Gasteiger partial charge in [0, 0.05) is 19.3 Å². The van der Waals surface area contributed by atoms with E-state index < -0.39 is 11.6 Å². The van der Waals surface area contributed by atoms with E-state index in [1.807, 2.05) is 25.7 Å². The Labute approximate surface area is 112 Å². The molecule has 1 saturated heterocycles. The third-order valence-electron chi connectivity index (χ3n) is 2.54. The van der Waals surface area contributed by atoms with Crippen molar-refractivity contribution in [2.45, 2.75) is 26.4 Å². The highest BCUT2D eigenvalue weighted by Crippen LogP contribution is 2.13. The van der Waals surface area contributed by atoms with Crippen LogP contribution in [0.25, 0.3) is 0 Å². The molecule has 1 aliphatic rings. The molecule has 0 N–H and O–H groups in total. The summed E-state index contributed by atoms with van der Waals surface area (Å²) in [4.78, 5) is 22.4. The van der Waals surface area contributed by atoms with E-state index in [0.29, 0.717) is 19.2 Å². The quantitative estimate of drug-likeness (QED) is 0.750. The number of morpholine rings is 1. The van der Waals surface area contributed by atoms with Crippen molar-refractivity contribution in [2.24, 2.45) is 0 Å². The molecule has 19 heavy (non-hydrogen) atoms. The third kappa shape index (κ3) is 3.89. The van der Waals surface area contributed by atoms with E-state index in [4.69, 9.17) is 9.47 Å². The van der Waals surface area contributed by atoms with Crippen LogP contribution in [-0.2, 0) is 9.47 Å². The lowest BCUT2D eigenvalue weighted by molar-refractivity contribution is 0.00627. The molecule has 0 bridgehead atoms. The van der Waals surface area contributed by atoms with Gasteiger partial charge in [0.2, 0.25) is 5.95 Å². The van der Waals surface area contributed by atoms with E-state index in [2.05, 4.69) is 9.97 Å². The number of anilines is 1. The van der Waals surface area contributed by atoms with Gasteiger partial charge in [-0.2, -0.15) is 0 Å². The summed E-state index contributed by atoms with van der Waals surface area (Å²) in [6.45, 7) is 8.26. The molecule has 1 aromatic rings. The van der Waals surface area contributed by atoms with Gasteiger partial charge in [-0.1, -0.05) is 0 Å². The predicted octanol–water partition coefficient (Wildman–Crippen LogP) is 1.27. The molecule has 0 atom stereocenters. The summed E-state index contributed by atoms with van der Waals surface area (Å²) in [5, 5.41) is 0. The van der Waals surface area contributed by atoms with Crippen molar-refractivity contribution in [1.29, 1.82) is 0 Å². The summed E-state index contributed by atoms with van der Waals surface area (Å²) in [5.74, 6) is 0.121. The summed E-state index contributed by atoms with van der Waals surface area (Å²) in [7, 11) is 0. The van der Waals surface area contributed by atoms with Crippen LogP contribution in [0.15, 0.2) is 12.3 Å². The zero-order valence-electron chi connectivity index (χ0n) is 11.5. The second kappa shape index (κ2) is 5.52. The molecule has 1 aliphatic heterocycles. The Morgan fingerprint density at radius 1 is 1.37 bits per heavy atom. The number of ether oxygens (including phenoxy) is 2. The molecule has 0 spiro atoms. The maximum Gasteiger partial charge on any atom is 0.357 e. The fourth-order valence-corrected chi connectivity index (χ4v) is 1.71. The van der Waals surface area contributed by atoms with Crippen LogP contribution in [0, 0.1) is 0 Å². The highest BCUT2D eigenvalue weighted by atomic mass is 16.6. The molecule has 1 aromatic heterocycles. The number of hydrogen-bond acceptors (Lipinski definition) is 6. The Bertz CT molecular complexity index is 451. The lowest BCUT2D eigenvalue weighted by Gasteiger charge is -2.26. The smallest absolute Gasteiger partial charge is 0.357 e. The van der Waals surface area contributed by atoms with Crippen molar-refractivity contribution < 1.29 is 14.3 Å². The van der Waals surface area contributed by atoms with E-state index in [1.54, 1.807) is 12.3 Å². The maximum atomic E-state index is 11.9. The molecule has 0 saturated carbocycles. The van der Waals surface area contributed by atoms with Crippen LogP contribution >= 0.6 is 0 Å². The molecule has 2 rings (SSSR count). The largest absolute Gasteiger partial charge is 0.455 e. The van der Waals surface area contributed by atoms with Crippen molar-refractivity contribution in [1.82, 2.24) is 9.97 Å². The van der Waals surface area contributed by atoms with Crippen molar-refractivity contribution in [3.63, 3.8) is 0 Å². The highest BCUT2D eigenvalue weighted by molar-refractivity contribution is 5.87. The molecule has 0 amide bonds.